The zero-order valence-corrected chi connectivity index (χ0v) is 16.6. The molecule has 1 unspecified atom stereocenters. The summed E-state index contributed by atoms with van der Waals surface area (Å²) in [5, 5.41) is 3.29. The van der Waals surface area contributed by atoms with Gasteiger partial charge in [0.1, 0.15) is 12.4 Å². The molecule has 1 fully saturated rings. The molecule has 1 N–H and O–H groups in total. The van der Waals surface area contributed by atoms with E-state index in [2.05, 4.69) is 47.3 Å². The van der Waals surface area contributed by atoms with Gasteiger partial charge in [-0.25, -0.2) is 4.98 Å². The summed E-state index contributed by atoms with van der Waals surface area (Å²) in [6.45, 7) is 2.40. The number of hydrogen-bond acceptors (Lipinski definition) is 3. The third kappa shape index (κ3) is 4.03. The van der Waals surface area contributed by atoms with Crippen LogP contribution in [0.1, 0.15) is 35.8 Å². The fraction of sp³-hybridized carbons (Fsp3) is 0.364. The number of imidazole rings is 1. The number of hydrogen-bond donors (Lipinski definition) is 1. The number of carbonyl (C=O) groups is 1. The molecule has 1 aromatic heterocycles. The van der Waals surface area contributed by atoms with Gasteiger partial charge in [-0.05, 0) is 49.6 Å². The zero-order chi connectivity index (χ0) is 18.8. The fourth-order valence-electron chi connectivity index (χ4n) is 3.58. The lowest BCUT2D eigenvalue weighted by Crippen LogP contribution is -2.33. The molecule has 0 aliphatic heterocycles. The highest BCUT2D eigenvalue weighted by Gasteiger charge is 2.33. The van der Waals surface area contributed by atoms with Gasteiger partial charge in [0.25, 0.3) is 0 Å². The number of fused-ring (bicyclic) bond motifs is 1. The Morgan fingerprint density at radius 1 is 1.22 bits per heavy atom. The SMILES string of the molecule is CSCc1nc2ccccc2n1CC(=O)NC(c1ccc(C)cc1)C1CC1. The Hall–Kier alpha value is -2.27. The van der Waals surface area contributed by atoms with Gasteiger partial charge in [0.2, 0.25) is 5.91 Å². The van der Waals surface area contributed by atoms with Gasteiger partial charge in [-0.2, -0.15) is 11.8 Å². The maximum Gasteiger partial charge on any atom is 0.240 e. The van der Waals surface area contributed by atoms with E-state index in [4.69, 9.17) is 4.98 Å². The summed E-state index contributed by atoms with van der Waals surface area (Å²) in [7, 11) is 0. The molecule has 1 aliphatic rings. The first-order valence-corrected chi connectivity index (χ1v) is 10.8. The van der Waals surface area contributed by atoms with Crippen molar-refractivity contribution in [3.05, 3.63) is 65.5 Å². The molecule has 1 atom stereocenters. The number of rotatable bonds is 7. The van der Waals surface area contributed by atoms with E-state index < -0.39 is 0 Å². The summed E-state index contributed by atoms with van der Waals surface area (Å²) in [6.07, 6.45) is 4.43. The number of nitrogens with one attached hydrogen (secondary N) is 1. The van der Waals surface area contributed by atoms with E-state index in [1.165, 1.54) is 24.0 Å². The second-order valence-electron chi connectivity index (χ2n) is 7.33. The third-order valence-corrected chi connectivity index (χ3v) is 5.70. The number of carbonyl (C=O) groups excluding carboxylic acids is 1. The first kappa shape index (κ1) is 18.1. The van der Waals surface area contributed by atoms with Crippen LogP contribution in [0.3, 0.4) is 0 Å². The van der Waals surface area contributed by atoms with Crippen LogP contribution in [0.25, 0.3) is 11.0 Å². The Bertz CT molecular complexity index is 944. The third-order valence-electron chi connectivity index (χ3n) is 5.16. The Morgan fingerprint density at radius 2 is 1.96 bits per heavy atom. The number of aryl methyl sites for hydroxylation is 1. The molecule has 0 saturated heterocycles. The fourth-order valence-corrected chi connectivity index (χ4v) is 4.06. The van der Waals surface area contributed by atoms with Gasteiger partial charge >= 0.3 is 0 Å². The van der Waals surface area contributed by atoms with E-state index in [1.807, 2.05) is 24.3 Å². The lowest BCUT2D eigenvalue weighted by Gasteiger charge is -2.20. The monoisotopic (exact) mass is 379 g/mol. The minimum atomic E-state index is 0.0537. The van der Waals surface area contributed by atoms with E-state index in [0.717, 1.165) is 22.6 Å². The molecule has 0 spiro atoms. The lowest BCUT2D eigenvalue weighted by atomic mass is 10.0. The summed E-state index contributed by atoms with van der Waals surface area (Å²) in [5.41, 5.74) is 4.42. The Balaban J connectivity index is 1.55. The van der Waals surface area contributed by atoms with Crippen LogP contribution in [0.5, 0.6) is 0 Å². The molecule has 1 amide bonds. The topological polar surface area (TPSA) is 46.9 Å². The highest BCUT2D eigenvalue weighted by molar-refractivity contribution is 7.97. The van der Waals surface area contributed by atoms with Gasteiger partial charge in [-0.15, -0.1) is 0 Å². The van der Waals surface area contributed by atoms with Crippen molar-refractivity contribution in [2.24, 2.45) is 5.92 Å². The van der Waals surface area contributed by atoms with Crippen molar-refractivity contribution in [2.75, 3.05) is 6.26 Å². The minimum absolute atomic E-state index is 0.0537. The van der Waals surface area contributed by atoms with Gasteiger partial charge < -0.3 is 9.88 Å². The van der Waals surface area contributed by atoms with E-state index in [0.29, 0.717) is 12.5 Å². The number of amides is 1. The van der Waals surface area contributed by atoms with Crippen LogP contribution in [0, 0.1) is 12.8 Å². The van der Waals surface area contributed by atoms with Crippen molar-refractivity contribution < 1.29 is 4.79 Å². The average Bonchev–Trinajstić information content (AvgIpc) is 3.45. The predicted molar refractivity (Wildman–Crippen MR) is 112 cm³/mol. The number of benzene rings is 2. The maximum absolute atomic E-state index is 12.9. The van der Waals surface area contributed by atoms with E-state index in [1.54, 1.807) is 11.8 Å². The molecule has 140 valence electrons. The summed E-state index contributed by atoms with van der Waals surface area (Å²) in [5.74, 6) is 2.36. The van der Waals surface area contributed by atoms with Crippen molar-refractivity contribution in [3.8, 4) is 0 Å². The van der Waals surface area contributed by atoms with Crippen LogP contribution < -0.4 is 5.32 Å². The molecule has 4 nitrogen and oxygen atoms in total. The lowest BCUT2D eigenvalue weighted by molar-refractivity contribution is -0.122. The van der Waals surface area contributed by atoms with E-state index in [-0.39, 0.29) is 11.9 Å². The largest absolute Gasteiger partial charge is 0.347 e. The first-order valence-electron chi connectivity index (χ1n) is 9.44. The standard InChI is InChI=1S/C22H25N3OS/c1-15-7-9-16(10-8-15)22(17-11-12-17)24-21(26)13-25-19-6-4-3-5-18(19)23-20(25)14-27-2/h3-10,17,22H,11-14H2,1-2H3,(H,24,26). The molecule has 1 heterocycles. The highest BCUT2D eigenvalue weighted by Crippen LogP contribution is 2.41. The van der Waals surface area contributed by atoms with Crippen molar-refractivity contribution in [1.82, 2.24) is 14.9 Å². The smallest absolute Gasteiger partial charge is 0.240 e. The molecule has 3 aromatic rings. The van der Waals surface area contributed by atoms with Crippen molar-refractivity contribution in [3.63, 3.8) is 0 Å². The Labute approximate surface area is 164 Å². The van der Waals surface area contributed by atoms with E-state index >= 15 is 0 Å². The molecule has 4 rings (SSSR count). The number of aromatic nitrogens is 2. The molecule has 2 aromatic carbocycles. The van der Waals surface area contributed by atoms with Gasteiger partial charge in [0, 0.05) is 0 Å². The number of thioether (sulfide) groups is 1. The summed E-state index contributed by atoms with van der Waals surface area (Å²) in [4.78, 5) is 17.6. The first-order chi connectivity index (χ1) is 13.2. The Morgan fingerprint density at radius 3 is 2.67 bits per heavy atom. The number of nitrogens with zero attached hydrogens (tertiary/aromatic N) is 2. The molecule has 0 bridgehead atoms. The van der Waals surface area contributed by atoms with Crippen LogP contribution in [0.4, 0.5) is 0 Å². The van der Waals surface area contributed by atoms with Crippen molar-refractivity contribution in [1.29, 1.82) is 0 Å². The molecule has 0 radical (unpaired) electrons. The molecule has 1 aliphatic carbocycles. The summed E-state index contributed by atoms with van der Waals surface area (Å²) < 4.78 is 2.06. The van der Waals surface area contributed by atoms with Crippen molar-refractivity contribution >= 4 is 28.7 Å². The molecular weight excluding hydrogens is 354 g/mol. The second-order valence-corrected chi connectivity index (χ2v) is 8.20. The van der Waals surface area contributed by atoms with Crippen LogP contribution in [-0.4, -0.2) is 21.7 Å². The normalized spacial score (nSPS) is 15.0. The average molecular weight is 380 g/mol. The summed E-state index contributed by atoms with van der Waals surface area (Å²) >= 11 is 1.72. The van der Waals surface area contributed by atoms with E-state index in [9.17, 15) is 4.79 Å². The van der Waals surface area contributed by atoms with Gasteiger partial charge in [-0.1, -0.05) is 42.0 Å². The molecule has 1 saturated carbocycles. The maximum atomic E-state index is 12.9. The van der Waals surface area contributed by atoms with Crippen LogP contribution in [0.15, 0.2) is 48.5 Å². The number of para-hydroxylation sites is 2. The highest BCUT2D eigenvalue weighted by atomic mass is 32.2. The van der Waals surface area contributed by atoms with Gasteiger partial charge in [0.05, 0.1) is 22.8 Å². The van der Waals surface area contributed by atoms with Crippen LogP contribution in [0.2, 0.25) is 0 Å². The van der Waals surface area contributed by atoms with Gasteiger partial charge in [-0.3, -0.25) is 4.79 Å². The van der Waals surface area contributed by atoms with Crippen LogP contribution in [-0.2, 0) is 17.1 Å². The molecule has 27 heavy (non-hydrogen) atoms. The van der Waals surface area contributed by atoms with Gasteiger partial charge in [0.15, 0.2) is 0 Å². The molecule has 5 heteroatoms. The molecular formula is C22H25N3OS. The predicted octanol–water partition coefficient (Wildman–Crippen LogP) is 4.48. The van der Waals surface area contributed by atoms with Crippen LogP contribution >= 0.6 is 11.8 Å². The summed E-state index contributed by atoms with van der Waals surface area (Å²) in [6, 6.07) is 16.7. The zero-order valence-electron chi connectivity index (χ0n) is 15.8. The quantitative estimate of drug-likeness (QED) is 0.659. The van der Waals surface area contributed by atoms with Crippen molar-refractivity contribution in [2.45, 2.75) is 38.1 Å². The Kier molecular flexibility index (Phi) is 5.21. The second kappa shape index (κ2) is 7.77. The minimum Gasteiger partial charge on any atom is -0.347 e.